The predicted octanol–water partition coefficient (Wildman–Crippen LogP) is 2.14. The first kappa shape index (κ1) is 13.0. The Morgan fingerprint density at radius 2 is 2.31 bits per heavy atom. The molecule has 1 rings (SSSR count). The number of benzene rings is 1. The average Bonchev–Trinajstić information content (AvgIpc) is 2.28. The highest BCUT2D eigenvalue weighted by Gasteiger charge is 2.21. The monoisotopic (exact) mass is 244 g/mol. The van der Waals surface area contributed by atoms with Gasteiger partial charge in [0.1, 0.15) is 5.82 Å². The topological polar surface area (TPSA) is 46.5 Å². The zero-order valence-corrected chi connectivity index (χ0v) is 9.88. The molecule has 0 aliphatic carbocycles. The number of ether oxygens (including phenoxy) is 1. The van der Waals surface area contributed by atoms with Crippen molar-refractivity contribution in [2.24, 2.45) is 0 Å². The van der Waals surface area contributed by atoms with E-state index in [-0.39, 0.29) is 12.2 Å². The molecule has 1 N–H and O–H groups in total. The van der Waals surface area contributed by atoms with Crippen LogP contribution in [-0.4, -0.2) is 23.9 Å². The molecule has 0 bridgehead atoms. The van der Waals surface area contributed by atoms with Crippen molar-refractivity contribution in [2.45, 2.75) is 17.9 Å². The highest BCUT2D eigenvalue weighted by molar-refractivity contribution is 7.98. The van der Waals surface area contributed by atoms with Gasteiger partial charge in [-0.3, -0.25) is 0 Å². The van der Waals surface area contributed by atoms with Gasteiger partial charge in [-0.1, -0.05) is 0 Å². The summed E-state index contributed by atoms with van der Waals surface area (Å²) >= 11 is 1.33. The Bertz CT molecular complexity index is 381. The van der Waals surface area contributed by atoms with Crippen LogP contribution in [0.25, 0.3) is 0 Å². The van der Waals surface area contributed by atoms with Crippen LogP contribution in [0.2, 0.25) is 0 Å². The first-order valence-corrected chi connectivity index (χ1v) is 6.00. The van der Waals surface area contributed by atoms with E-state index in [4.69, 9.17) is 0 Å². The van der Waals surface area contributed by atoms with E-state index in [0.717, 1.165) is 6.07 Å². The molecule has 0 amide bonds. The van der Waals surface area contributed by atoms with Crippen LogP contribution in [0.5, 0.6) is 0 Å². The lowest BCUT2D eigenvalue weighted by molar-refractivity contribution is -0.153. The lowest BCUT2D eigenvalue weighted by atomic mass is 10.1. The van der Waals surface area contributed by atoms with Gasteiger partial charge in [0.05, 0.1) is 6.61 Å². The van der Waals surface area contributed by atoms with Crippen molar-refractivity contribution >= 4 is 17.7 Å². The fraction of sp³-hybridized carbons (Fsp3) is 0.364. The van der Waals surface area contributed by atoms with Gasteiger partial charge in [-0.05, 0) is 31.4 Å². The first-order valence-electron chi connectivity index (χ1n) is 4.78. The van der Waals surface area contributed by atoms with Crippen LogP contribution in [0, 0.1) is 5.82 Å². The second kappa shape index (κ2) is 5.86. The second-order valence-electron chi connectivity index (χ2n) is 3.04. The molecular formula is C11H13FO3S. The van der Waals surface area contributed by atoms with E-state index in [0.29, 0.717) is 4.90 Å². The molecule has 0 saturated carbocycles. The molecule has 5 heteroatoms. The molecule has 0 heterocycles. The smallest absolute Gasteiger partial charge is 0.339 e. The lowest BCUT2D eigenvalue weighted by Crippen LogP contribution is -2.16. The van der Waals surface area contributed by atoms with Crippen LogP contribution in [-0.2, 0) is 9.53 Å². The van der Waals surface area contributed by atoms with Gasteiger partial charge in [-0.2, -0.15) is 0 Å². The standard InChI is InChI=1S/C11H13FO3S/c1-3-15-11(14)10(13)8-6-7(12)4-5-9(8)16-2/h4-6,10,13H,3H2,1-2H3. The van der Waals surface area contributed by atoms with Crippen LogP contribution < -0.4 is 0 Å². The third-order valence-corrected chi connectivity index (χ3v) is 2.81. The molecule has 16 heavy (non-hydrogen) atoms. The molecule has 0 spiro atoms. The van der Waals surface area contributed by atoms with E-state index >= 15 is 0 Å². The molecule has 0 aliphatic rings. The Morgan fingerprint density at radius 1 is 1.62 bits per heavy atom. The van der Waals surface area contributed by atoms with Crippen molar-refractivity contribution in [1.29, 1.82) is 0 Å². The van der Waals surface area contributed by atoms with Crippen LogP contribution >= 0.6 is 11.8 Å². The minimum atomic E-state index is -1.43. The molecule has 0 saturated heterocycles. The molecule has 1 aromatic rings. The third-order valence-electron chi connectivity index (χ3n) is 2.00. The van der Waals surface area contributed by atoms with E-state index < -0.39 is 17.9 Å². The summed E-state index contributed by atoms with van der Waals surface area (Å²) in [5.41, 5.74) is 0.242. The summed E-state index contributed by atoms with van der Waals surface area (Å²) in [6, 6.07) is 3.96. The number of rotatable bonds is 4. The number of aliphatic hydroxyl groups excluding tert-OH is 1. The normalized spacial score (nSPS) is 12.2. The molecule has 88 valence electrons. The Balaban J connectivity index is 3.01. The van der Waals surface area contributed by atoms with Gasteiger partial charge in [-0.15, -0.1) is 11.8 Å². The van der Waals surface area contributed by atoms with Gasteiger partial charge < -0.3 is 9.84 Å². The number of carbonyl (C=O) groups excluding carboxylic acids is 1. The molecule has 3 nitrogen and oxygen atoms in total. The zero-order valence-electron chi connectivity index (χ0n) is 9.07. The number of hydrogen-bond donors (Lipinski definition) is 1. The summed E-state index contributed by atoms with van der Waals surface area (Å²) in [5.74, 6) is -1.25. The Hall–Kier alpha value is -1.07. The van der Waals surface area contributed by atoms with Crippen molar-refractivity contribution in [3.8, 4) is 0 Å². The van der Waals surface area contributed by atoms with Crippen molar-refractivity contribution in [3.05, 3.63) is 29.6 Å². The molecular weight excluding hydrogens is 231 g/mol. The Kier molecular flexibility index (Phi) is 4.76. The SMILES string of the molecule is CCOC(=O)C(O)c1cc(F)ccc1SC. The summed E-state index contributed by atoms with van der Waals surface area (Å²) in [6.45, 7) is 1.82. The third kappa shape index (κ3) is 2.96. The van der Waals surface area contributed by atoms with Crippen LogP contribution in [0.15, 0.2) is 23.1 Å². The Labute approximate surface area is 97.6 Å². The van der Waals surface area contributed by atoms with E-state index in [1.165, 1.54) is 23.9 Å². The summed E-state index contributed by atoms with van der Waals surface area (Å²) in [7, 11) is 0. The van der Waals surface area contributed by atoms with Gasteiger partial charge in [0.15, 0.2) is 6.10 Å². The lowest BCUT2D eigenvalue weighted by Gasteiger charge is -2.13. The minimum Gasteiger partial charge on any atom is -0.464 e. The Morgan fingerprint density at radius 3 is 2.88 bits per heavy atom. The van der Waals surface area contributed by atoms with Crippen LogP contribution in [0.1, 0.15) is 18.6 Å². The quantitative estimate of drug-likeness (QED) is 0.651. The van der Waals surface area contributed by atoms with E-state index in [9.17, 15) is 14.3 Å². The van der Waals surface area contributed by atoms with Crippen molar-refractivity contribution < 1.29 is 19.0 Å². The summed E-state index contributed by atoms with van der Waals surface area (Å²) in [5, 5.41) is 9.70. The second-order valence-corrected chi connectivity index (χ2v) is 3.89. The predicted molar refractivity (Wildman–Crippen MR) is 59.8 cm³/mol. The van der Waals surface area contributed by atoms with E-state index in [2.05, 4.69) is 4.74 Å². The number of carbonyl (C=O) groups is 1. The fourth-order valence-corrected chi connectivity index (χ4v) is 1.88. The molecule has 0 aliphatic heterocycles. The van der Waals surface area contributed by atoms with Gasteiger partial charge in [0.25, 0.3) is 0 Å². The van der Waals surface area contributed by atoms with Crippen LogP contribution in [0.4, 0.5) is 4.39 Å². The van der Waals surface area contributed by atoms with E-state index in [1.54, 1.807) is 13.2 Å². The maximum atomic E-state index is 13.0. The van der Waals surface area contributed by atoms with Gasteiger partial charge >= 0.3 is 5.97 Å². The minimum absolute atomic E-state index is 0.180. The molecule has 0 aromatic heterocycles. The average molecular weight is 244 g/mol. The van der Waals surface area contributed by atoms with Crippen LogP contribution in [0.3, 0.4) is 0 Å². The van der Waals surface area contributed by atoms with Crippen molar-refractivity contribution in [3.63, 3.8) is 0 Å². The fourth-order valence-electron chi connectivity index (χ4n) is 1.27. The maximum absolute atomic E-state index is 13.0. The van der Waals surface area contributed by atoms with Crippen molar-refractivity contribution in [2.75, 3.05) is 12.9 Å². The number of halogens is 1. The molecule has 0 fully saturated rings. The largest absolute Gasteiger partial charge is 0.464 e. The van der Waals surface area contributed by atoms with Gasteiger partial charge in [0.2, 0.25) is 0 Å². The zero-order chi connectivity index (χ0) is 12.1. The molecule has 1 atom stereocenters. The summed E-state index contributed by atoms with van der Waals surface area (Å²) < 4.78 is 17.7. The number of hydrogen-bond acceptors (Lipinski definition) is 4. The maximum Gasteiger partial charge on any atom is 0.339 e. The molecule has 0 radical (unpaired) electrons. The molecule has 1 aromatic carbocycles. The van der Waals surface area contributed by atoms with Crippen molar-refractivity contribution in [1.82, 2.24) is 0 Å². The number of esters is 1. The van der Waals surface area contributed by atoms with E-state index in [1.807, 2.05) is 0 Å². The summed E-state index contributed by atoms with van der Waals surface area (Å²) in [6.07, 6.45) is 0.354. The number of aliphatic hydroxyl groups is 1. The number of thioether (sulfide) groups is 1. The first-order chi connectivity index (χ1) is 7.60. The van der Waals surface area contributed by atoms with Gasteiger partial charge in [0, 0.05) is 10.5 Å². The highest BCUT2D eigenvalue weighted by atomic mass is 32.2. The summed E-state index contributed by atoms with van der Waals surface area (Å²) in [4.78, 5) is 12.0. The van der Waals surface area contributed by atoms with Gasteiger partial charge in [-0.25, -0.2) is 9.18 Å². The molecule has 1 unspecified atom stereocenters. The highest BCUT2D eigenvalue weighted by Crippen LogP contribution is 2.27.